The third-order valence-corrected chi connectivity index (χ3v) is 6.17. The van der Waals surface area contributed by atoms with Gasteiger partial charge in [-0.05, 0) is 60.5 Å². The highest BCUT2D eigenvalue weighted by molar-refractivity contribution is 5.50. The van der Waals surface area contributed by atoms with Crippen LogP contribution in [0.25, 0.3) is 0 Å². The second-order valence-corrected chi connectivity index (χ2v) is 8.71. The van der Waals surface area contributed by atoms with Gasteiger partial charge >= 0.3 is 0 Å². The number of hydrogen-bond donors (Lipinski definition) is 2. The first-order chi connectivity index (χ1) is 11.8. The molecule has 25 heavy (non-hydrogen) atoms. The lowest BCUT2D eigenvalue weighted by atomic mass is 9.47. The van der Waals surface area contributed by atoms with E-state index in [2.05, 4.69) is 56.1 Å². The van der Waals surface area contributed by atoms with Gasteiger partial charge in [-0.2, -0.15) is 0 Å². The lowest BCUT2D eigenvalue weighted by Crippen LogP contribution is -2.56. The summed E-state index contributed by atoms with van der Waals surface area (Å²) < 4.78 is 0. The summed E-state index contributed by atoms with van der Waals surface area (Å²) in [6.07, 6.45) is 3.16. The van der Waals surface area contributed by atoms with Crippen molar-refractivity contribution >= 4 is 0 Å². The fraction of sp³-hybridized carbons (Fsp3) is 0.455. The Bertz CT molecular complexity index is 789. The fourth-order valence-electron chi connectivity index (χ4n) is 5.47. The van der Waals surface area contributed by atoms with Crippen molar-refractivity contribution in [1.29, 1.82) is 0 Å². The summed E-state index contributed by atoms with van der Waals surface area (Å²) in [5.74, 6) is -0.0226. The second-order valence-electron chi connectivity index (χ2n) is 8.71. The van der Waals surface area contributed by atoms with Gasteiger partial charge in [0.1, 0.15) is 0 Å². The summed E-state index contributed by atoms with van der Waals surface area (Å²) in [6.45, 7) is 5.65. The highest BCUT2D eigenvalue weighted by Gasteiger charge is 2.56. The molecule has 0 amide bonds. The van der Waals surface area contributed by atoms with Gasteiger partial charge in [-0.3, -0.25) is 4.90 Å². The lowest BCUT2D eigenvalue weighted by Gasteiger charge is -2.60. The van der Waals surface area contributed by atoms with Crippen LogP contribution in [0.2, 0.25) is 0 Å². The molecular formula is C22H27NO2. The van der Waals surface area contributed by atoms with Crippen molar-refractivity contribution in [2.24, 2.45) is 5.41 Å². The molecule has 132 valence electrons. The van der Waals surface area contributed by atoms with E-state index in [4.69, 9.17) is 0 Å². The zero-order valence-corrected chi connectivity index (χ0v) is 15.3. The number of rotatable bonds is 2. The van der Waals surface area contributed by atoms with E-state index in [-0.39, 0.29) is 23.0 Å². The first-order valence-electron chi connectivity index (χ1n) is 9.13. The largest absolute Gasteiger partial charge is 0.504 e. The van der Waals surface area contributed by atoms with E-state index in [9.17, 15) is 10.2 Å². The lowest BCUT2D eigenvalue weighted by molar-refractivity contribution is -0.0197. The Labute approximate surface area is 149 Å². The molecule has 2 aromatic rings. The van der Waals surface area contributed by atoms with Crippen LogP contribution in [0.1, 0.15) is 49.4 Å². The van der Waals surface area contributed by atoms with E-state index < -0.39 is 0 Å². The molecule has 0 bridgehead atoms. The highest BCUT2D eigenvalue weighted by atomic mass is 16.3. The molecule has 4 rings (SSSR count). The van der Waals surface area contributed by atoms with Gasteiger partial charge < -0.3 is 10.2 Å². The summed E-state index contributed by atoms with van der Waals surface area (Å²) in [5.41, 5.74) is 4.10. The Morgan fingerprint density at radius 2 is 1.64 bits per heavy atom. The van der Waals surface area contributed by atoms with Crippen molar-refractivity contribution in [2.75, 3.05) is 13.6 Å². The normalized spacial score (nSPS) is 24.4. The van der Waals surface area contributed by atoms with Crippen LogP contribution in [0.5, 0.6) is 11.5 Å². The van der Waals surface area contributed by atoms with Gasteiger partial charge in [-0.1, -0.05) is 44.2 Å². The molecule has 3 nitrogen and oxygen atoms in total. The number of phenols is 2. The molecule has 1 aliphatic carbocycles. The van der Waals surface area contributed by atoms with E-state index >= 15 is 0 Å². The molecular weight excluding hydrogens is 310 g/mol. The molecule has 0 radical (unpaired) electrons. The Morgan fingerprint density at radius 3 is 2.28 bits per heavy atom. The number of fused-ring (bicyclic) bond motifs is 1. The van der Waals surface area contributed by atoms with E-state index in [1.165, 1.54) is 16.7 Å². The first-order valence-corrected chi connectivity index (χ1v) is 9.13. The summed E-state index contributed by atoms with van der Waals surface area (Å²) in [6, 6.07) is 14.6. The molecule has 1 saturated carbocycles. The Balaban J connectivity index is 1.88. The summed E-state index contributed by atoms with van der Waals surface area (Å²) in [7, 11) is 2.19. The molecule has 1 fully saturated rings. The van der Waals surface area contributed by atoms with Crippen molar-refractivity contribution in [3.8, 4) is 11.5 Å². The van der Waals surface area contributed by atoms with Crippen LogP contribution in [0.3, 0.4) is 0 Å². The number of likely N-dealkylation sites (N-methyl/N-ethyl adjacent to an activating group) is 1. The molecule has 1 aliphatic heterocycles. The molecule has 0 saturated heterocycles. The highest BCUT2D eigenvalue weighted by Crippen LogP contribution is 2.63. The molecule has 2 N–H and O–H groups in total. The van der Waals surface area contributed by atoms with Crippen LogP contribution in [0.15, 0.2) is 42.5 Å². The van der Waals surface area contributed by atoms with Crippen LogP contribution >= 0.6 is 0 Å². The van der Waals surface area contributed by atoms with Crippen molar-refractivity contribution in [3.05, 3.63) is 59.2 Å². The van der Waals surface area contributed by atoms with E-state index in [1.807, 2.05) is 0 Å². The maximum Gasteiger partial charge on any atom is 0.157 e. The van der Waals surface area contributed by atoms with Gasteiger partial charge in [-0.15, -0.1) is 0 Å². The van der Waals surface area contributed by atoms with E-state index in [0.717, 1.165) is 25.8 Å². The quantitative estimate of drug-likeness (QED) is 0.799. The molecule has 1 heterocycles. The van der Waals surface area contributed by atoms with Gasteiger partial charge in [0.15, 0.2) is 11.5 Å². The van der Waals surface area contributed by atoms with Crippen LogP contribution in [0.4, 0.5) is 0 Å². The summed E-state index contributed by atoms with van der Waals surface area (Å²) in [4.78, 5) is 2.43. The first kappa shape index (κ1) is 16.5. The summed E-state index contributed by atoms with van der Waals surface area (Å²) in [5, 5.41) is 20.1. The minimum atomic E-state index is -0.0131. The van der Waals surface area contributed by atoms with Gasteiger partial charge in [-0.25, -0.2) is 0 Å². The molecule has 0 spiro atoms. The van der Waals surface area contributed by atoms with E-state index in [1.54, 1.807) is 12.1 Å². The van der Waals surface area contributed by atoms with Crippen molar-refractivity contribution in [2.45, 2.75) is 44.6 Å². The van der Waals surface area contributed by atoms with Crippen LogP contribution in [-0.2, 0) is 11.8 Å². The van der Waals surface area contributed by atoms with Gasteiger partial charge in [0.2, 0.25) is 0 Å². The minimum Gasteiger partial charge on any atom is -0.504 e. The number of nitrogens with zero attached hydrogens (tertiary/aromatic N) is 1. The topological polar surface area (TPSA) is 43.7 Å². The Hall–Kier alpha value is -2.00. The van der Waals surface area contributed by atoms with Gasteiger partial charge in [0, 0.05) is 18.0 Å². The number of hydrogen-bond acceptors (Lipinski definition) is 3. The standard InChI is InChI=1S/C22H27NO2/c1-21(2)13-22(14-21,16-7-5-4-6-8-16)20-17-12-19(25)18(24)11-15(17)9-10-23(20)3/h4-8,11-12,20,24-25H,9-10,13-14H2,1-3H3. The molecule has 2 aromatic carbocycles. The van der Waals surface area contributed by atoms with Crippen molar-refractivity contribution < 1.29 is 10.2 Å². The van der Waals surface area contributed by atoms with Crippen LogP contribution in [0, 0.1) is 5.41 Å². The zero-order chi connectivity index (χ0) is 17.8. The van der Waals surface area contributed by atoms with Gasteiger partial charge in [0.05, 0.1) is 0 Å². The van der Waals surface area contributed by atoms with Gasteiger partial charge in [0.25, 0.3) is 0 Å². The van der Waals surface area contributed by atoms with Crippen molar-refractivity contribution in [1.82, 2.24) is 4.90 Å². The van der Waals surface area contributed by atoms with E-state index in [0.29, 0.717) is 5.41 Å². The van der Waals surface area contributed by atoms with Crippen LogP contribution in [-0.4, -0.2) is 28.7 Å². The smallest absolute Gasteiger partial charge is 0.157 e. The number of phenolic OH excluding ortho intramolecular Hbond substituents is 2. The SMILES string of the molecule is CN1CCc2cc(O)c(O)cc2C1C1(c2ccccc2)CC(C)(C)C1. The molecule has 1 atom stereocenters. The number of aromatic hydroxyl groups is 2. The predicted octanol–water partition coefficient (Wildman–Crippen LogP) is 4.38. The Kier molecular flexibility index (Phi) is 3.62. The molecule has 3 heteroatoms. The molecule has 0 aromatic heterocycles. The zero-order valence-electron chi connectivity index (χ0n) is 15.3. The minimum absolute atomic E-state index is 0.00949. The fourth-order valence-corrected chi connectivity index (χ4v) is 5.47. The molecule has 1 unspecified atom stereocenters. The third-order valence-electron chi connectivity index (χ3n) is 6.17. The third kappa shape index (κ3) is 2.53. The monoisotopic (exact) mass is 337 g/mol. The molecule has 2 aliphatic rings. The Morgan fingerprint density at radius 1 is 1.00 bits per heavy atom. The summed E-state index contributed by atoms with van der Waals surface area (Å²) >= 11 is 0. The average molecular weight is 337 g/mol. The van der Waals surface area contributed by atoms with Crippen molar-refractivity contribution in [3.63, 3.8) is 0 Å². The van der Waals surface area contributed by atoms with Crippen LogP contribution < -0.4 is 0 Å². The second kappa shape index (κ2) is 5.50. The maximum atomic E-state index is 10.1. The average Bonchev–Trinajstić information content (AvgIpc) is 2.55. The predicted molar refractivity (Wildman–Crippen MR) is 100.0 cm³/mol. The number of benzene rings is 2. The maximum absolute atomic E-state index is 10.1.